The number of anilines is 1. The Bertz CT molecular complexity index is 687. The summed E-state index contributed by atoms with van der Waals surface area (Å²) in [6.07, 6.45) is 6.28. The van der Waals surface area contributed by atoms with E-state index in [0.29, 0.717) is 18.2 Å². The molecule has 2 aliphatic heterocycles. The van der Waals surface area contributed by atoms with Crippen LogP contribution in [0.3, 0.4) is 0 Å². The lowest BCUT2D eigenvalue weighted by molar-refractivity contribution is -0.134. The van der Waals surface area contributed by atoms with E-state index in [-0.39, 0.29) is 30.8 Å². The molecular weight excluding hydrogens is 378 g/mol. The Labute approximate surface area is 173 Å². The third-order valence-corrected chi connectivity index (χ3v) is 5.80. The van der Waals surface area contributed by atoms with Crippen LogP contribution in [0.1, 0.15) is 38.5 Å². The fraction of sp³-hybridized carbons (Fsp3) is 0.619. The van der Waals surface area contributed by atoms with Gasteiger partial charge in [-0.25, -0.2) is 0 Å². The minimum absolute atomic E-state index is 0. The topological polar surface area (TPSA) is 61.9 Å². The number of piperidine rings is 1. The van der Waals surface area contributed by atoms with Gasteiger partial charge in [-0.3, -0.25) is 9.59 Å². The van der Waals surface area contributed by atoms with Crippen molar-refractivity contribution in [3.63, 3.8) is 0 Å². The predicted octanol–water partition coefficient (Wildman–Crippen LogP) is 2.60. The SMILES string of the molecule is Cl.O=C(COc1cccc(N2CCCC2=O)c1)N1CCC(NCC2CC2)CC1. The number of rotatable bonds is 7. The van der Waals surface area contributed by atoms with Gasteiger partial charge in [0.25, 0.3) is 5.91 Å². The van der Waals surface area contributed by atoms with Gasteiger partial charge in [0.15, 0.2) is 6.61 Å². The van der Waals surface area contributed by atoms with Gasteiger partial charge in [-0.15, -0.1) is 12.4 Å². The summed E-state index contributed by atoms with van der Waals surface area (Å²) in [5.74, 6) is 1.73. The molecule has 0 radical (unpaired) electrons. The molecule has 1 aliphatic carbocycles. The summed E-state index contributed by atoms with van der Waals surface area (Å²) < 4.78 is 5.73. The summed E-state index contributed by atoms with van der Waals surface area (Å²) in [7, 11) is 0. The van der Waals surface area contributed by atoms with Crippen LogP contribution < -0.4 is 15.0 Å². The molecule has 3 fully saturated rings. The molecule has 6 nitrogen and oxygen atoms in total. The van der Waals surface area contributed by atoms with Gasteiger partial charge in [-0.2, -0.15) is 0 Å². The second-order valence-electron chi connectivity index (χ2n) is 7.94. The number of hydrogen-bond donors (Lipinski definition) is 1. The highest BCUT2D eigenvalue weighted by Crippen LogP contribution is 2.28. The van der Waals surface area contributed by atoms with Gasteiger partial charge in [0, 0.05) is 43.9 Å². The van der Waals surface area contributed by atoms with Crippen molar-refractivity contribution in [2.45, 2.75) is 44.6 Å². The van der Waals surface area contributed by atoms with E-state index in [1.807, 2.05) is 29.2 Å². The highest BCUT2D eigenvalue weighted by molar-refractivity contribution is 5.95. The van der Waals surface area contributed by atoms with Gasteiger partial charge in [-0.05, 0) is 56.7 Å². The molecule has 154 valence electrons. The molecule has 2 amide bonds. The number of nitrogens with one attached hydrogen (secondary N) is 1. The second kappa shape index (κ2) is 9.61. The Morgan fingerprint density at radius 1 is 1.14 bits per heavy atom. The first-order chi connectivity index (χ1) is 13.2. The maximum absolute atomic E-state index is 12.5. The molecule has 0 spiro atoms. The first-order valence-electron chi connectivity index (χ1n) is 10.2. The fourth-order valence-electron chi connectivity index (χ4n) is 3.89. The van der Waals surface area contributed by atoms with Crippen molar-refractivity contribution >= 4 is 29.9 Å². The zero-order chi connectivity index (χ0) is 18.6. The Kier molecular flexibility index (Phi) is 7.18. The molecule has 0 bridgehead atoms. The number of nitrogens with zero attached hydrogens (tertiary/aromatic N) is 2. The van der Waals surface area contributed by atoms with Crippen molar-refractivity contribution in [2.24, 2.45) is 5.92 Å². The Balaban J connectivity index is 0.00000225. The smallest absolute Gasteiger partial charge is 0.260 e. The van der Waals surface area contributed by atoms with Crippen molar-refractivity contribution in [1.29, 1.82) is 0 Å². The molecule has 2 saturated heterocycles. The third-order valence-electron chi connectivity index (χ3n) is 5.80. The summed E-state index contributed by atoms with van der Waals surface area (Å²) in [5.41, 5.74) is 0.852. The number of ether oxygens (including phenoxy) is 1. The summed E-state index contributed by atoms with van der Waals surface area (Å²) in [4.78, 5) is 28.0. The van der Waals surface area contributed by atoms with Crippen LogP contribution in [0.5, 0.6) is 5.75 Å². The van der Waals surface area contributed by atoms with Crippen LogP contribution in [0.25, 0.3) is 0 Å². The van der Waals surface area contributed by atoms with E-state index in [1.165, 1.54) is 12.8 Å². The maximum atomic E-state index is 12.5. The van der Waals surface area contributed by atoms with Crippen molar-refractivity contribution in [3.8, 4) is 5.75 Å². The molecule has 7 heteroatoms. The number of likely N-dealkylation sites (tertiary alicyclic amines) is 1. The van der Waals surface area contributed by atoms with Gasteiger partial charge < -0.3 is 19.9 Å². The number of halogens is 1. The summed E-state index contributed by atoms with van der Waals surface area (Å²) in [6, 6.07) is 8.02. The van der Waals surface area contributed by atoms with Gasteiger partial charge in [-0.1, -0.05) is 6.07 Å². The van der Waals surface area contributed by atoms with E-state index in [2.05, 4.69) is 5.32 Å². The highest BCUT2D eigenvalue weighted by Gasteiger charge is 2.26. The Morgan fingerprint density at radius 2 is 1.93 bits per heavy atom. The molecule has 4 rings (SSSR count). The Hall–Kier alpha value is -1.79. The first kappa shape index (κ1) is 20.9. The monoisotopic (exact) mass is 407 g/mol. The van der Waals surface area contributed by atoms with Crippen molar-refractivity contribution in [3.05, 3.63) is 24.3 Å². The molecule has 0 unspecified atom stereocenters. The average molecular weight is 408 g/mol. The van der Waals surface area contributed by atoms with Crippen LogP contribution >= 0.6 is 12.4 Å². The number of benzene rings is 1. The van der Waals surface area contributed by atoms with Gasteiger partial charge in [0.1, 0.15) is 5.75 Å². The number of carbonyl (C=O) groups is 2. The lowest BCUT2D eigenvalue weighted by atomic mass is 10.0. The van der Waals surface area contributed by atoms with E-state index < -0.39 is 0 Å². The van der Waals surface area contributed by atoms with Gasteiger partial charge >= 0.3 is 0 Å². The molecule has 1 aromatic carbocycles. The summed E-state index contributed by atoms with van der Waals surface area (Å²) in [6.45, 7) is 3.54. The van der Waals surface area contributed by atoms with E-state index in [4.69, 9.17) is 4.74 Å². The lowest BCUT2D eigenvalue weighted by Crippen LogP contribution is -2.46. The maximum Gasteiger partial charge on any atom is 0.260 e. The summed E-state index contributed by atoms with van der Waals surface area (Å²) in [5, 5.41) is 3.64. The molecule has 28 heavy (non-hydrogen) atoms. The third kappa shape index (κ3) is 5.39. The van der Waals surface area contributed by atoms with E-state index >= 15 is 0 Å². The van der Waals surface area contributed by atoms with Crippen LogP contribution in [-0.4, -0.2) is 55.5 Å². The fourth-order valence-corrected chi connectivity index (χ4v) is 3.89. The quantitative estimate of drug-likeness (QED) is 0.754. The molecule has 0 aromatic heterocycles. The average Bonchev–Trinajstić information content (AvgIpc) is 3.44. The second-order valence-corrected chi connectivity index (χ2v) is 7.94. The van der Waals surface area contributed by atoms with Crippen molar-refractivity contribution < 1.29 is 14.3 Å². The molecule has 1 N–H and O–H groups in total. The first-order valence-corrected chi connectivity index (χ1v) is 10.2. The molecule has 1 saturated carbocycles. The zero-order valence-corrected chi connectivity index (χ0v) is 17.1. The predicted molar refractivity (Wildman–Crippen MR) is 111 cm³/mol. The highest BCUT2D eigenvalue weighted by atomic mass is 35.5. The van der Waals surface area contributed by atoms with Crippen LogP contribution in [0.4, 0.5) is 5.69 Å². The number of carbonyl (C=O) groups excluding carboxylic acids is 2. The van der Waals surface area contributed by atoms with E-state index in [9.17, 15) is 9.59 Å². The van der Waals surface area contributed by atoms with E-state index in [1.54, 1.807) is 4.90 Å². The van der Waals surface area contributed by atoms with Crippen LogP contribution in [0.2, 0.25) is 0 Å². The van der Waals surface area contributed by atoms with Crippen LogP contribution in [-0.2, 0) is 9.59 Å². The lowest BCUT2D eigenvalue weighted by Gasteiger charge is -2.32. The zero-order valence-electron chi connectivity index (χ0n) is 16.3. The van der Waals surface area contributed by atoms with Crippen LogP contribution in [0, 0.1) is 5.92 Å². The standard InChI is InChI=1S/C21H29N3O3.ClH/c25-20-5-2-10-24(20)18-3-1-4-19(13-18)27-15-21(26)23-11-8-17(9-12-23)22-14-16-6-7-16;/h1,3-4,13,16-17,22H,2,5-12,14-15H2;1H. The van der Waals surface area contributed by atoms with Gasteiger partial charge in [0.05, 0.1) is 0 Å². The molecule has 3 aliphatic rings. The minimum atomic E-state index is 0. The largest absolute Gasteiger partial charge is 0.484 e. The number of amides is 2. The minimum Gasteiger partial charge on any atom is -0.484 e. The van der Waals surface area contributed by atoms with Crippen molar-refractivity contribution in [2.75, 3.05) is 37.7 Å². The van der Waals surface area contributed by atoms with Crippen LogP contribution in [0.15, 0.2) is 24.3 Å². The van der Waals surface area contributed by atoms with E-state index in [0.717, 1.165) is 57.0 Å². The molecule has 2 heterocycles. The number of hydrogen-bond acceptors (Lipinski definition) is 4. The Morgan fingerprint density at radius 3 is 2.61 bits per heavy atom. The van der Waals surface area contributed by atoms with Crippen molar-refractivity contribution in [1.82, 2.24) is 10.2 Å². The summed E-state index contributed by atoms with van der Waals surface area (Å²) >= 11 is 0. The molecular formula is C21H30ClN3O3. The van der Waals surface area contributed by atoms with Gasteiger partial charge in [0.2, 0.25) is 5.91 Å². The molecule has 1 aromatic rings. The normalized spacial score (nSPS) is 20.2. The molecule has 0 atom stereocenters.